The van der Waals surface area contributed by atoms with E-state index >= 15 is 0 Å². The number of aromatic nitrogens is 3. The first kappa shape index (κ1) is 15.7. The topological polar surface area (TPSA) is 69.0 Å². The first-order valence-electron chi connectivity index (χ1n) is 6.79. The molecule has 0 spiro atoms. The van der Waals surface area contributed by atoms with Gasteiger partial charge in [0.25, 0.3) is 0 Å². The van der Waals surface area contributed by atoms with E-state index in [4.69, 9.17) is 16.3 Å². The minimum absolute atomic E-state index is 0.0921. The summed E-state index contributed by atoms with van der Waals surface area (Å²) in [5.74, 6) is 1.14. The van der Waals surface area contributed by atoms with E-state index in [1.807, 2.05) is 17.6 Å². The number of hydrogen-bond acceptors (Lipinski definition) is 4. The molecule has 6 nitrogen and oxygen atoms in total. The van der Waals surface area contributed by atoms with Crippen molar-refractivity contribution in [1.29, 1.82) is 0 Å². The highest BCUT2D eigenvalue weighted by atomic mass is 35.5. The molecule has 1 amide bonds. The second kappa shape index (κ2) is 7.38. The van der Waals surface area contributed by atoms with E-state index < -0.39 is 0 Å². The Morgan fingerprint density at radius 1 is 1.52 bits per heavy atom. The molecular weight excluding hydrogens is 292 g/mol. The van der Waals surface area contributed by atoms with Crippen molar-refractivity contribution in [2.45, 2.75) is 19.9 Å². The van der Waals surface area contributed by atoms with Crippen LogP contribution in [0.15, 0.2) is 12.3 Å². The van der Waals surface area contributed by atoms with Crippen LogP contribution >= 0.6 is 11.6 Å². The normalized spacial score (nSPS) is 11.0. The predicted molar refractivity (Wildman–Crippen MR) is 81.6 cm³/mol. The Morgan fingerprint density at radius 3 is 3.05 bits per heavy atom. The zero-order chi connectivity index (χ0) is 15.2. The molecular formula is C14H19ClN4O2. The van der Waals surface area contributed by atoms with Crippen LogP contribution in [0.3, 0.4) is 0 Å². The smallest absolute Gasteiger partial charge is 0.240 e. The maximum absolute atomic E-state index is 12.0. The summed E-state index contributed by atoms with van der Waals surface area (Å²) in [6, 6.07) is 1.91. The van der Waals surface area contributed by atoms with Crippen molar-refractivity contribution in [3.63, 3.8) is 0 Å². The Morgan fingerprint density at radius 2 is 2.33 bits per heavy atom. The maximum Gasteiger partial charge on any atom is 0.240 e. The molecule has 2 heterocycles. The van der Waals surface area contributed by atoms with E-state index in [1.54, 1.807) is 13.3 Å². The molecule has 0 aliphatic carbocycles. The Balaban J connectivity index is 2.26. The fourth-order valence-corrected chi connectivity index (χ4v) is 2.29. The molecule has 2 aromatic rings. The summed E-state index contributed by atoms with van der Waals surface area (Å²) in [5, 5.41) is 2.80. The molecule has 0 radical (unpaired) electrons. The minimum atomic E-state index is -0.0921. The van der Waals surface area contributed by atoms with Gasteiger partial charge >= 0.3 is 0 Å². The van der Waals surface area contributed by atoms with Crippen LogP contribution in [-0.4, -0.2) is 46.6 Å². The third-order valence-electron chi connectivity index (χ3n) is 3.16. The number of amides is 1. The average molecular weight is 311 g/mol. The van der Waals surface area contributed by atoms with Gasteiger partial charge in [-0.3, -0.25) is 4.79 Å². The summed E-state index contributed by atoms with van der Waals surface area (Å²) in [6.45, 7) is 3.13. The van der Waals surface area contributed by atoms with Gasteiger partial charge in [-0.05, 0) is 18.6 Å². The molecule has 0 aromatic carbocycles. The monoisotopic (exact) mass is 310 g/mol. The van der Waals surface area contributed by atoms with Crippen LogP contribution in [0.4, 0.5) is 0 Å². The molecule has 0 atom stereocenters. The van der Waals surface area contributed by atoms with Crippen LogP contribution < -0.4 is 5.32 Å². The standard InChI is InChI=1S/C14H19ClN4O2/c1-10-4-6-17-14-13(10)18-11(3-5-15)19(14)9-12(20)16-7-8-21-2/h4,6H,3,5,7-9H2,1-2H3,(H,16,20). The van der Waals surface area contributed by atoms with Crippen molar-refractivity contribution >= 4 is 28.7 Å². The number of carbonyl (C=O) groups excluding carboxylic acids is 1. The highest BCUT2D eigenvalue weighted by Gasteiger charge is 2.15. The highest BCUT2D eigenvalue weighted by Crippen LogP contribution is 2.18. The second-order valence-electron chi connectivity index (χ2n) is 4.70. The summed E-state index contributed by atoms with van der Waals surface area (Å²) in [5.41, 5.74) is 2.58. The first-order valence-corrected chi connectivity index (χ1v) is 7.33. The van der Waals surface area contributed by atoms with Crippen molar-refractivity contribution in [3.8, 4) is 0 Å². The Kier molecular flexibility index (Phi) is 5.52. The second-order valence-corrected chi connectivity index (χ2v) is 5.07. The van der Waals surface area contributed by atoms with Gasteiger partial charge in [0.05, 0.1) is 6.61 Å². The quantitative estimate of drug-likeness (QED) is 0.618. The lowest BCUT2D eigenvalue weighted by molar-refractivity contribution is -0.121. The fourth-order valence-electron chi connectivity index (χ4n) is 2.12. The third kappa shape index (κ3) is 3.71. The van der Waals surface area contributed by atoms with E-state index in [1.165, 1.54) is 0 Å². The van der Waals surface area contributed by atoms with Crippen LogP contribution in [0.1, 0.15) is 11.4 Å². The minimum Gasteiger partial charge on any atom is -0.383 e. The molecule has 1 N–H and O–H groups in total. The van der Waals surface area contributed by atoms with Gasteiger partial charge in [-0.2, -0.15) is 0 Å². The van der Waals surface area contributed by atoms with Gasteiger partial charge in [0.1, 0.15) is 17.9 Å². The number of pyridine rings is 1. The number of alkyl halides is 1. The van der Waals surface area contributed by atoms with Gasteiger partial charge in [-0.25, -0.2) is 9.97 Å². The van der Waals surface area contributed by atoms with Crippen molar-refractivity contribution in [1.82, 2.24) is 19.9 Å². The van der Waals surface area contributed by atoms with Gasteiger partial charge in [0.15, 0.2) is 5.65 Å². The maximum atomic E-state index is 12.0. The lowest BCUT2D eigenvalue weighted by Gasteiger charge is -2.08. The highest BCUT2D eigenvalue weighted by molar-refractivity contribution is 6.17. The molecule has 0 bridgehead atoms. The van der Waals surface area contributed by atoms with Gasteiger partial charge in [0, 0.05) is 32.2 Å². The van der Waals surface area contributed by atoms with E-state index in [-0.39, 0.29) is 12.5 Å². The molecule has 7 heteroatoms. The van der Waals surface area contributed by atoms with Crippen LogP contribution in [0.5, 0.6) is 0 Å². The lowest BCUT2D eigenvalue weighted by atomic mass is 10.3. The SMILES string of the molecule is COCCNC(=O)Cn1c(CCCl)nc2c(C)ccnc21. The van der Waals surface area contributed by atoms with Crippen molar-refractivity contribution in [2.75, 3.05) is 26.1 Å². The van der Waals surface area contributed by atoms with E-state index in [0.717, 1.165) is 22.6 Å². The molecule has 0 saturated heterocycles. The number of ether oxygens (including phenoxy) is 1. The summed E-state index contributed by atoms with van der Waals surface area (Å²) in [4.78, 5) is 20.9. The zero-order valence-corrected chi connectivity index (χ0v) is 13.0. The molecule has 114 valence electrons. The Bertz CT molecular complexity index is 627. The van der Waals surface area contributed by atoms with E-state index in [0.29, 0.717) is 25.5 Å². The summed E-state index contributed by atoms with van der Waals surface area (Å²) >= 11 is 5.82. The van der Waals surface area contributed by atoms with Crippen molar-refractivity contribution < 1.29 is 9.53 Å². The zero-order valence-electron chi connectivity index (χ0n) is 12.2. The number of aryl methyl sites for hydroxylation is 2. The van der Waals surface area contributed by atoms with Gasteiger partial charge in [-0.15, -0.1) is 11.6 Å². The first-order chi connectivity index (χ1) is 10.2. The molecule has 2 rings (SSSR count). The lowest BCUT2D eigenvalue weighted by Crippen LogP contribution is -2.31. The van der Waals surface area contributed by atoms with Crippen LogP contribution in [0, 0.1) is 6.92 Å². The van der Waals surface area contributed by atoms with Crippen LogP contribution in [0.2, 0.25) is 0 Å². The summed E-state index contributed by atoms with van der Waals surface area (Å²) in [7, 11) is 1.60. The molecule has 0 aliphatic rings. The van der Waals surface area contributed by atoms with Gasteiger partial charge < -0.3 is 14.6 Å². The number of hydrogen-bond donors (Lipinski definition) is 1. The number of nitrogens with one attached hydrogen (secondary N) is 1. The van der Waals surface area contributed by atoms with E-state index in [9.17, 15) is 4.79 Å². The largest absolute Gasteiger partial charge is 0.383 e. The molecule has 21 heavy (non-hydrogen) atoms. The molecule has 0 unspecified atom stereocenters. The third-order valence-corrected chi connectivity index (χ3v) is 3.35. The number of nitrogens with zero attached hydrogens (tertiary/aromatic N) is 3. The average Bonchev–Trinajstić information content (AvgIpc) is 2.80. The number of imidazole rings is 1. The Hall–Kier alpha value is -1.66. The number of methoxy groups -OCH3 is 1. The summed E-state index contributed by atoms with van der Waals surface area (Å²) < 4.78 is 6.74. The van der Waals surface area contributed by atoms with E-state index in [2.05, 4.69) is 15.3 Å². The predicted octanol–water partition coefficient (Wildman–Crippen LogP) is 1.28. The molecule has 2 aromatic heterocycles. The Labute approximate surface area is 128 Å². The number of fused-ring (bicyclic) bond motifs is 1. The number of carbonyl (C=O) groups is 1. The molecule has 0 fully saturated rings. The number of halogens is 1. The number of rotatable bonds is 7. The summed E-state index contributed by atoms with van der Waals surface area (Å²) in [6.07, 6.45) is 2.33. The van der Waals surface area contributed by atoms with Crippen LogP contribution in [0.25, 0.3) is 11.2 Å². The van der Waals surface area contributed by atoms with Crippen molar-refractivity contribution in [3.05, 3.63) is 23.7 Å². The van der Waals surface area contributed by atoms with Gasteiger partial charge in [-0.1, -0.05) is 0 Å². The fraction of sp³-hybridized carbons (Fsp3) is 0.500. The molecule has 0 aliphatic heterocycles. The van der Waals surface area contributed by atoms with Gasteiger partial charge in [0.2, 0.25) is 5.91 Å². The van der Waals surface area contributed by atoms with Crippen LogP contribution in [-0.2, 0) is 22.5 Å². The van der Waals surface area contributed by atoms with Crippen molar-refractivity contribution in [2.24, 2.45) is 0 Å². The molecule has 0 saturated carbocycles.